The van der Waals surface area contributed by atoms with Crippen molar-refractivity contribution >= 4 is 34.3 Å². The second kappa shape index (κ2) is 6.75. The maximum atomic E-state index is 12.2. The van der Waals surface area contributed by atoms with Crippen LogP contribution in [0.1, 0.15) is 10.4 Å². The maximum absolute atomic E-state index is 12.2. The lowest BCUT2D eigenvalue weighted by molar-refractivity contribution is 0.102. The molecule has 0 unspecified atom stereocenters. The van der Waals surface area contributed by atoms with Crippen LogP contribution in [0.15, 0.2) is 72.8 Å². The summed E-state index contributed by atoms with van der Waals surface area (Å²) < 4.78 is 0. The number of amides is 1. The molecule has 5 heteroatoms. The van der Waals surface area contributed by atoms with Crippen LogP contribution in [-0.4, -0.2) is 5.91 Å². The topological polar surface area (TPSA) is 93.2 Å². The van der Waals surface area contributed by atoms with E-state index in [1.165, 1.54) is 0 Å². The highest BCUT2D eigenvalue weighted by Crippen LogP contribution is 2.26. The number of anilines is 5. The summed E-state index contributed by atoms with van der Waals surface area (Å²) >= 11 is 0. The molecule has 0 radical (unpaired) electrons. The van der Waals surface area contributed by atoms with Crippen LogP contribution in [-0.2, 0) is 0 Å². The molecule has 24 heavy (non-hydrogen) atoms. The zero-order valence-electron chi connectivity index (χ0n) is 13.0. The summed E-state index contributed by atoms with van der Waals surface area (Å²) in [5.41, 5.74) is 15.7. The average molecular weight is 318 g/mol. The first kappa shape index (κ1) is 15.4. The van der Waals surface area contributed by atoms with Crippen LogP contribution in [0.5, 0.6) is 0 Å². The van der Waals surface area contributed by atoms with Crippen molar-refractivity contribution in [2.75, 3.05) is 22.1 Å². The summed E-state index contributed by atoms with van der Waals surface area (Å²) in [5, 5.41) is 6.10. The van der Waals surface area contributed by atoms with E-state index in [1.807, 2.05) is 48.5 Å². The average Bonchev–Trinajstić information content (AvgIpc) is 2.58. The summed E-state index contributed by atoms with van der Waals surface area (Å²) in [4.78, 5) is 12.2. The Kier molecular flexibility index (Phi) is 4.34. The van der Waals surface area contributed by atoms with Gasteiger partial charge in [0.25, 0.3) is 5.91 Å². The van der Waals surface area contributed by atoms with Crippen molar-refractivity contribution in [3.8, 4) is 0 Å². The molecule has 0 aliphatic carbocycles. The fourth-order valence-corrected chi connectivity index (χ4v) is 2.32. The third-order valence-corrected chi connectivity index (χ3v) is 3.51. The lowest BCUT2D eigenvalue weighted by atomic mass is 10.2. The van der Waals surface area contributed by atoms with Gasteiger partial charge in [0.1, 0.15) is 0 Å². The normalized spacial score (nSPS) is 10.2. The van der Waals surface area contributed by atoms with Gasteiger partial charge in [-0.3, -0.25) is 4.79 Å². The third kappa shape index (κ3) is 3.64. The summed E-state index contributed by atoms with van der Waals surface area (Å²) in [5.74, 6) is -0.153. The minimum Gasteiger partial charge on any atom is -0.399 e. The Morgan fingerprint density at radius 1 is 0.792 bits per heavy atom. The largest absolute Gasteiger partial charge is 0.399 e. The van der Waals surface area contributed by atoms with Crippen LogP contribution in [0.4, 0.5) is 28.4 Å². The van der Waals surface area contributed by atoms with E-state index in [-0.39, 0.29) is 5.91 Å². The Morgan fingerprint density at radius 2 is 1.54 bits per heavy atom. The van der Waals surface area contributed by atoms with Crippen LogP contribution >= 0.6 is 0 Å². The van der Waals surface area contributed by atoms with Crippen molar-refractivity contribution in [2.45, 2.75) is 0 Å². The van der Waals surface area contributed by atoms with Crippen molar-refractivity contribution in [1.29, 1.82) is 0 Å². The zero-order valence-corrected chi connectivity index (χ0v) is 13.0. The second-order valence-electron chi connectivity index (χ2n) is 5.37. The van der Waals surface area contributed by atoms with Gasteiger partial charge in [-0.05, 0) is 48.5 Å². The molecule has 3 rings (SSSR count). The molecule has 0 aliphatic rings. The molecule has 0 saturated carbocycles. The van der Waals surface area contributed by atoms with Gasteiger partial charge in [-0.25, -0.2) is 0 Å². The van der Waals surface area contributed by atoms with E-state index < -0.39 is 0 Å². The number of hydrogen-bond donors (Lipinski definition) is 4. The molecular weight excluding hydrogens is 300 g/mol. The van der Waals surface area contributed by atoms with Gasteiger partial charge in [0.15, 0.2) is 0 Å². The Hall–Kier alpha value is -3.47. The van der Waals surface area contributed by atoms with Crippen molar-refractivity contribution in [1.82, 2.24) is 0 Å². The van der Waals surface area contributed by atoms with E-state index >= 15 is 0 Å². The Balaban J connectivity index is 1.75. The van der Waals surface area contributed by atoms with Crippen molar-refractivity contribution in [3.63, 3.8) is 0 Å². The molecule has 3 aromatic rings. The number of nitrogens with one attached hydrogen (secondary N) is 2. The highest BCUT2D eigenvalue weighted by atomic mass is 16.1. The van der Waals surface area contributed by atoms with Gasteiger partial charge < -0.3 is 22.1 Å². The predicted octanol–water partition coefficient (Wildman–Crippen LogP) is 3.85. The second-order valence-corrected chi connectivity index (χ2v) is 5.37. The van der Waals surface area contributed by atoms with Gasteiger partial charge >= 0.3 is 0 Å². The van der Waals surface area contributed by atoms with Crippen LogP contribution in [0.3, 0.4) is 0 Å². The number of nitrogens with two attached hydrogens (primary N) is 2. The van der Waals surface area contributed by atoms with Crippen LogP contribution in [0.25, 0.3) is 0 Å². The molecule has 0 atom stereocenters. The summed E-state index contributed by atoms with van der Waals surface area (Å²) in [7, 11) is 0. The van der Waals surface area contributed by atoms with Gasteiger partial charge in [0, 0.05) is 22.6 Å². The lowest BCUT2D eigenvalue weighted by Gasteiger charge is -2.12. The van der Waals surface area contributed by atoms with E-state index in [0.717, 1.165) is 11.4 Å². The number of benzene rings is 3. The van der Waals surface area contributed by atoms with Crippen LogP contribution in [0, 0.1) is 0 Å². The molecule has 0 bridgehead atoms. The highest BCUT2D eigenvalue weighted by Gasteiger charge is 2.06. The zero-order chi connectivity index (χ0) is 16.9. The van der Waals surface area contributed by atoms with Crippen LogP contribution < -0.4 is 22.1 Å². The SMILES string of the molecule is Nc1ccc(Nc2cccc(NC(=O)c3ccccc3)c2)c(N)c1. The summed E-state index contributed by atoms with van der Waals surface area (Å²) in [6.45, 7) is 0. The first-order valence-electron chi connectivity index (χ1n) is 7.50. The van der Waals surface area contributed by atoms with Crippen molar-refractivity contribution < 1.29 is 4.79 Å². The van der Waals surface area contributed by atoms with Gasteiger partial charge in [-0.2, -0.15) is 0 Å². The summed E-state index contributed by atoms with van der Waals surface area (Å²) in [6.07, 6.45) is 0. The minimum absolute atomic E-state index is 0.153. The quantitative estimate of drug-likeness (QED) is 0.550. The first-order valence-corrected chi connectivity index (χ1v) is 7.50. The van der Waals surface area contributed by atoms with E-state index in [9.17, 15) is 4.79 Å². The monoisotopic (exact) mass is 318 g/mol. The Labute approximate surface area is 140 Å². The molecule has 5 nitrogen and oxygen atoms in total. The fourth-order valence-electron chi connectivity index (χ4n) is 2.32. The highest BCUT2D eigenvalue weighted by molar-refractivity contribution is 6.04. The molecule has 0 fully saturated rings. The molecule has 3 aromatic carbocycles. The van der Waals surface area contributed by atoms with Crippen LogP contribution in [0.2, 0.25) is 0 Å². The van der Waals surface area contributed by atoms with Crippen molar-refractivity contribution in [3.05, 3.63) is 78.4 Å². The number of hydrogen-bond acceptors (Lipinski definition) is 4. The molecule has 0 saturated heterocycles. The Bertz CT molecular complexity index is 862. The fraction of sp³-hybridized carbons (Fsp3) is 0. The molecule has 1 amide bonds. The summed E-state index contributed by atoms with van der Waals surface area (Å²) in [6, 6.07) is 21.8. The maximum Gasteiger partial charge on any atom is 0.255 e. The standard InChI is InChI=1S/C19H18N4O/c20-14-9-10-18(17(21)11-14)22-15-7-4-8-16(12-15)23-19(24)13-5-2-1-3-6-13/h1-12,22H,20-21H2,(H,23,24). The molecule has 0 aliphatic heterocycles. The molecular formula is C19H18N4O. The number of rotatable bonds is 4. The first-order chi connectivity index (χ1) is 11.6. The molecule has 120 valence electrons. The van der Waals surface area contributed by atoms with Gasteiger partial charge in [-0.1, -0.05) is 24.3 Å². The molecule has 0 aromatic heterocycles. The molecule has 0 spiro atoms. The van der Waals surface area contributed by atoms with Crippen molar-refractivity contribution in [2.24, 2.45) is 0 Å². The van der Waals surface area contributed by atoms with Gasteiger partial charge in [-0.15, -0.1) is 0 Å². The molecule has 6 N–H and O–H groups in total. The number of carbonyl (C=O) groups is 1. The van der Waals surface area contributed by atoms with E-state index in [0.29, 0.717) is 22.6 Å². The number of carbonyl (C=O) groups excluding carboxylic acids is 1. The lowest BCUT2D eigenvalue weighted by Crippen LogP contribution is -2.11. The van der Waals surface area contributed by atoms with E-state index in [2.05, 4.69) is 10.6 Å². The predicted molar refractivity (Wildman–Crippen MR) is 99.4 cm³/mol. The van der Waals surface area contributed by atoms with Gasteiger partial charge in [0.05, 0.1) is 11.4 Å². The van der Waals surface area contributed by atoms with E-state index in [1.54, 1.807) is 24.3 Å². The number of nitrogen functional groups attached to an aromatic ring is 2. The van der Waals surface area contributed by atoms with E-state index in [4.69, 9.17) is 11.5 Å². The van der Waals surface area contributed by atoms with Gasteiger partial charge in [0.2, 0.25) is 0 Å². The third-order valence-electron chi connectivity index (χ3n) is 3.51. The Morgan fingerprint density at radius 3 is 2.29 bits per heavy atom. The smallest absolute Gasteiger partial charge is 0.255 e. The minimum atomic E-state index is -0.153. The molecule has 0 heterocycles.